The number of fused-ring (bicyclic) bond motifs is 1. The number of likely N-dealkylation sites (N-methyl/N-ethyl adjacent to an activating group) is 1. The van der Waals surface area contributed by atoms with Crippen LogP contribution in [0.4, 0.5) is 0 Å². The van der Waals surface area contributed by atoms with Crippen molar-refractivity contribution in [2.24, 2.45) is 0 Å². The Morgan fingerprint density at radius 1 is 1.24 bits per heavy atom. The first-order valence-electron chi connectivity index (χ1n) is 9.13. The fourth-order valence-corrected chi connectivity index (χ4v) is 2.92. The van der Waals surface area contributed by atoms with E-state index in [1.807, 2.05) is 19.9 Å². The predicted molar refractivity (Wildman–Crippen MR) is 109 cm³/mol. The second-order valence-corrected chi connectivity index (χ2v) is 6.37. The summed E-state index contributed by atoms with van der Waals surface area (Å²) >= 11 is 0. The van der Waals surface area contributed by atoms with Crippen LogP contribution in [0.1, 0.15) is 24.3 Å². The molecule has 1 N–H and O–H groups in total. The molecule has 0 unspecified atom stereocenters. The lowest BCUT2D eigenvalue weighted by Crippen LogP contribution is -2.30. The van der Waals surface area contributed by atoms with E-state index in [0.29, 0.717) is 40.5 Å². The monoisotopic (exact) mass is 397 g/mol. The van der Waals surface area contributed by atoms with Crippen molar-refractivity contribution in [1.82, 2.24) is 14.9 Å². The second-order valence-electron chi connectivity index (χ2n) is 6.37. The summed E-state index contributed by atoms with van der Waals surface area (Å²) in [6, 6.07) is 6.85. The molecule has 0 spiro atoms. The molecule has 0 fully saturated rings. The summed E-state index contributed by atoms with van der Waals surface area (Å²) in [4.78, 5) is 33.8. The fourth-order valence-electron chi connectivity index (χ4n) is 2.92. The Labute approximate surface area is 167 Å². The van der Waals surface area contributed by atoms with Crippen molar-refractivity contribution < 1.29 is 18.7 Å². The smallest absolute Gasteiger partial charge is 0.258 e. The molecule has 0 radical (unpaired) electrons. The highest BCUT2D eigenvalue weighted by atomic mass is 16.5. The minimum absolute atomic E-state index is 0.163. The number of H-pyrrole nitrogens is 1. The zero-order valence-electron chi connectivity index (χ0n) is 16.8. The van der Waals surface area contributed by atoms with Crippen molar-refractivity contribution in [3.63, 3.8) is 0 Å². The van der Waals surface area contributed by atoms with Crippen LogP contribution in [0.5, 0.6) is 11.5 Å². The Morgan fingerprint density at radius 2 is 1.97 bits per heavy atom. The number of ether oxygens (including phenoxy) is 2. The first-order valence-corrected chi connectivity index (χ1v) is 9.13. The van der Waals surface area contributed by atoms with Gasteiger partial charge in [0, 0.05) is 18.7 Å². The molecule has 29 heavy (non-hydrogen) atoms. The van der Waals surface area contributed by atoms with E-state index in [1.54, 1.807) is 29.2 Å². The van der Waals surface area contributed by atoms with Gasteiger partial charge in [0.05, 0.1) is 31.7 Å². The Bertz CT molecular complexity index is 1110. The third kappa shape index (κ3) is 4.48. The van der Waals surface area contributed by atoms with Crippen LogP contribution in [-0.2, 0) is 11.3 Å². The number of aromatic nitrogens is 2. The van der Waals surface area contributed by atoms with E-state index in [-0.39, 0.29) is 18.0 Å². The van der Waals surface area contributed by atoms with Crippen molar-refractivity contribution in [2.75, 3.05) is 20.8 Å². The lowest BCUT2D eigenvalue weighted by atomic mass is 10.2. The summed E-state index contributed by atoms with van der Waals surface area (Å²) in [6.45, 7) is 4.31. The number of nitrogens with one attached hydrogen (secondary N) is 1. The molecule has 0 aliphatic carbocycles. The van der Waals surface area contributed by atoms with Gasteiger partial charge in [-0.25, -0.2) is 4.98 Å². The van der Waals surface area contributed by atoms with Crippen LogP contribution >= 0.6 is 0 Å². The summed E-state index contributed by atoms with van der Waals surface area (Å²) in [5, 5.41) is 0.383. The number of aryl methyl sites for hydroxylation is 1. The van der Waals surface area contributed by atoms with Crippen molar-refractivity contribution in [1.29, 1.82) is 0 Å². The van der Waals surface area contributed by atoms with Gasteiger partial charge in [0.1, 0.15) is 17.3 Å². The Balaban J connectivity index is 1.86. The van der Waals surface area contributed by atoms with Crippen LogP contribution in [0.2, 0.25) is 0 Å². The largest absolute Gasteiger partial charge is 0.493 e. The summed E-state index contributed by atoms with van der Waals surface area (Å²) in [5.41, 5.74) is 0.155. The number of carbonyl (C=O) groups excluding carboxylic acids is 1. The third-order valence-corrected chi connectivity index (χ3v) is 4.45. The summed E-state index contributed by atoms with van der Waals surface area (Å²) in [6.07, 6.45) is 3.06. The molecule has 1 aromatic carbocycles. The first kappa shape index (κ1) is 20.2. The van der Waals surface area contributed by atoms with Gasteiger partial charge in [-0.15, -0.1) is 0 Å². The van der Waals surface area contributed by atoms with Gasteiger partial charge in [-0.2, -0.15) is 0 Å². The SMILES string of the molecule is CCN(Cc1nc2cc(OC)c(OC)cc2c(=O)[nH]1)C(=O)/C=C/c1ccc(C)o1. The van der Waals surface area contributed by atoms with Gasteiger partial charge >= 0.3 is 0 Å². The lowest BCUT2D eigenvalue weighted by Gasteiger charge is -2.18. The second kappa shape index (κ2) is 8.64. The van der Waals surface area contributed by atoms with E-state index in [0.717, 1.165) is 5.76 Å². The molecule has 152 valence electrons. The Morgan fingerprint density at radius 3 is 2.59 bits per heavy atom. The molecule has 0 aliphatic rings. The highest BCUT2D eigenvalue weighted by Crippen LogP contribution is 2.29. The van der Waals surface area contributed by atoms with E-state index < -0.39 is 0 Å². The molecule has 8 nitrogen and oxygen atoms in total. The lowest BCUT2D eigenvalue weighted by molar-refractivity contribution is -0.126. The molecule has 0 saturated heterocycles. The molecular weight excluding hydrogens is 374 g/mol. The Kier molecular flexibility index (Phi) is 6.01. The normalized spacial score (nSPS) is 11.2. The molecule has 8 heteroatoms. The van der Waals surface area contributed by atoms with E-state index in [4.69, 9.17) is 13.9 Å². The van der Waals surface area contributed by atoms with Gasteiger partial charge in [0.25, 0.3) is 5.56 Å². The van der Waals surface area contributed by atoms with Gasteiger partial charge in [-0.1, -0.05) is 0 Å². The van der Waals surface area contributed by atoms with Crippen LogP contribution in [0, 0.1) is 6.92 Å². The summed E-state index contributed by atoms with van der Waals surface area (Å²) in [7, 11) is 3.02. The number of carbonyl (C=O) groups is 1. The van der Waals surface area contributed by atoms with Gasteiger partial charge in [-0.05, 0) is 38.1 Å². The number of rotatable bonds is 7. The average molecular weight is 397 g/mol. The molecule has 0 saturated carbocycles. The predicted octanol–water partition coefficient (Wildman–Crippen LogP) is 2.90. The molecule has 0 bridgehead atoms. The number of hydrogen-bond acceptors (Lipinski definition) is 6. The molecule has 3 aromatic rings. The minimum Gasteiger partial charge on any atom is -0.493 e. The van der Waals surface area contributed by atoms with Crippen LogP contribution < -0.4 is 15.0 Å². The van der Waals surface area contributed by atoms with E-state index in [9.17, 15) is 9.59 Å². The number of furan rings is 1. The van der Waals surface area contributed by atoms with Crippen LogP contribution in [0.3, 0.4) is 0 Å². The molecule has 0 atom stereocenters. The van der Waals surface area contributed by atoms with Crippen LogP contribution in [-0.4, -0.2) is 41.5 Å². The van der Waals surface area contributed by atoms with Crippen molar-refractivity contribution in [2.45, 2.75) is 20.4 Å². The van der Waals surface area contributed by atoms with Crippen LogP contribution in [0.15, 0.2) is 39.6 Å². The number of hydrogen-bond donors (Lipinski definition) is 1. The molecule has 2 heterocycles. The van der Waals surface area contributed by atoms with Gasteiger partial charge in [0.2, 0.25) is 5.91 Å². The fraction of sp³-hybridized carbons (Fsp3) is 0.286. The molecule has 1 amide bonds. The van der Waals surface area contributed by atoms with Gasteiger partial charge in [-0.3, -0.25) is 9.59 Å². The molecular formula is C21H23N3O5. The minimum atomic E-state index is -0.309. The molecule has 0 aliphatic heterocycles. The van der Waals surface area contributed by atoms with E-state index in [1.165, 1.54) is 20.3 Å². The molecule has 3 rings (SSSR count). The summed E-state index contributed by atoms with van der Waals surface area (Å²) < 4.78 is 15.9. The number of amides is 1. The summed E-state index contributed by atoms with van der Waals surface area (Å²) in [5.74, 6) is 2.47. The first-order chi connectivity index (χ1) is 13.9. The van der Waals surface area contributed by atoms with Crippen LogP contribution in [0.25, 0.3) is 17.0 Å². The van der Waals surface area contributed by atoms with Crippen molar-refractivity contribution in [3.05, 3.63) is 58.0 Å². The highest BCUT2D eigenvalue weighted by molar-refractivity contribution is 5.91. The number of aromatic amines is 1. The number of benzene rings is 1. The molecule has 2 aromatic heterocycles. The van der Waals surface area contributed by atoms with E-state index >= 15 is 0 Å². The maximum atomic E-state index is 12.5. The van der Waals surface area contributed by atoms with Gasteiger partial charge < -0.3 is 23.8 Å². The van der Waals surface area contributed by atoms with Crippen molar-refractivity contribution in [3.8, 4) is 11.5 Å². The van der Waals surface area contributed by atoms with Crippen molar-refractivity contribution >= 4 is 22.9 Å². The Hall–Kier alpha value is -3.55. The topological polar surface area (TPSA) is 97.7 Å². The van der Waals surface area contributed by atoms with Gasteiger partial charge in [0.15, 0.2) is 11.5 Å². The number of methoxy groups -OCH3 is 2. The zero-order valence-corrected chi connectivity index (χ0v) is 16.8. The third-order valence-electron chi connectivity index (χ3n) is 4.45. The quantitative estimate of drug-likeness (QED) is 0.616. The zero-order chi connectivity index (χ0) is 21.0. The average Bonchev–Trinajstić information content (AvgIpc) is 3.14. The standard InChI is InChI=1S/C21H23N3O5/c1-5-24(20(25)9-8-14-7-6-13(2)29-14)12-19-22-16-11-18(28-4)17(27-3)10-15(16)21(26)23-19/h6-11H,5,12H2,1-4H3,(H,22,23,26)/b9-8+. The maximum absolute atomic E-state index is 12.5. The number of nitrogens with zero attached hydrogens (tertiary/aromatic N) is 2. The highest BCUT2D eigenvalue weighted by Gasteiger charge is 2.14. The van der Waals surface area contributed by atoms with E-state index in [2.05, 4.69) is 9.97 Å². The maximum Gasteiger partial charge on any atom is 0.258 e.